The highest BCUT2D eigenvalue weighted by Gasteiger charge is 2.54. The molecule has 2 saturated heterocycles. The fraction of sp³-hybridized carbons (Fsp3) is 0.409. The Morgan fingerprint density at radius 1 is 0.442 bits per heavy atom. The van der Waals surface area contributed by atoms with Gasteiger partial charge < -0.3 is 28.1 Å². The van der Waals surface area contributed by atoms with E-state index in [1.807, 2.05) is 60.7 Å². The van der Waals surface area contributed by atoms with E-state index in [1.165, 1.54) is 25.7 Å². The molecule has 8 heteroatoms. The lowest BCUT2D eigenvalue weighted by Gasteiger charge is -2.61. The summed E-state index contributed by atoms with van der Waals surface area (Å²) in [5.41, 5.74) is 4.64. The second-order valence-corrected chi connectivity index (χ2v) is 15.8. The van der Waals surface area contributed by atoms with Crippen molar-refractivity contribution in [2.45, 2.75) is 113 Å². The lowest BCUT2D eigenvalue weighted by Crippen LogP contribution is -2.71. The monoisotopic (exact) mass is 694 g/mol. The van der Waals surface area contributed by atoms with Gasteiger partial charge >= 0.3 is 0 Å². The molecular formula is C44H42N2O6. The maximum Gasteiger partial charge on any atom is 0.200 e. The summed E-state index contributed by atoms with van der Waals surface area (Å²) < 4.78 is 26.7. The minimum Gasteiger partial charge on any atom is -0.456 e. The number of benzene rings is 4. The van der Waals surface area contributed by atoms with Crippen LogP contribution in [0.2, 0.25) is 0 Å². The molecule has 3 aliphatic carbocycles. The van der Waals surface area contributed by atoms with Gasteiger partial charge in [0.2, 0.25) is 10.9 Å². The number of ether oxygens (including phenoxy) is 2. The van der Waals surface area contributed by atoms with Gasteiger partial charge in [-0.05, 0) is 99.2 Å². The van der Waals surface area contributed by atoms with E-state index in [0.717, 1.165) is 49.9 Å². The Hall–Kier alpha value is -4.66. The fourth-order valence-corrected chi connectivity index (χ4v) is 10.7. The third-order valence-corrected chi connectivity index (χ3v) is 13.0. The number of para-hydroxylation sites is 2. The molecule has 264 valence electrons. The van der Waals surface area contributed by atoms with Gasteiger partial charge in [0.1, 0.15) is 22.3 Å². The Balaban J connectivity index is 1.00. The van der Waals surface area contributed by atoms with Gasteiger partial charge in [-0.15, -0.1) is 0 Å². The quantitative estimate of drug-likeness (QED) is 0.167. The number of rotatable bonds is 2. The molecule has 52 heavy (non-hydrogen) atoms. The fourth-order valence-electron chi connectivity index (χ4n) is 10.7. The van der Waals surface area contributed by atoms with Crippen LogP contribution in [0.1, 0.15) is 64.2 Å². The zero-order chi connectivity index (χ0) is 34.5. The topological polar surface area (TPSA) is 85.4 Å². The average molecular weight is 695 g/mol. The van der Waals surface area contributed by atoms with Crippen LogP contribution in [0.5, 0.6) is 0 Å². The van der Waals surface area contributed by atoms with Crippen LogP contribution in [0.4, 0.5) is 11.4 Å². The van der Waals surface area contributed by atoms with Gasteiger partial charge in [0.25, 0.3) is 0 Å². The third-order valence-electron chi connectivity index (χ3n) is 13.0. The summed E-state index contributed by atoms with van der Waals surface area (Å²) in [5.74, 6) is 0. The van der Waals surface area contributed by atoms with E-state index < -0.39 is 0 Å². The molecule has 3 saturated carbocycles. The maximum absolute atomic E-state index is 13.8. The summed E-state index contributed by atoms with van der Waals surface area (Å²) in [6.45, 7) is 0. The van der Waals surface area contributed by atoms with Crippen LogP contribution in [-0.2, 0) is 9.47 Å². The van der Waals surface area contributed by atoms with E-state index in [9.17, 15) is 9.59 Å². The number of nitrogens with zero attached hydrogens (tertiary/aromatic N) is 2. The molecule has 6 aromatic rings. The smallest absolute Gasteiger partial charge is 0.200 e. The molecule has 2 aromatic heterocycles. The largest absolute Gasteiger partial charge is 0.456 e. The van der Waals surface area contributed by atoms with E-state index in [0.29, 0.717) is 43.9 Å². The first-order valence-electron chi connectivity index (χ1n) is 19.4. The molecule has 8 atom stereocenters. The van der Waals surface area contributed by atoms with Crippen molar-refractivity contribution >= 4 is 55.3 Å². The Kier molecular flexibility index (Phi) is 7.10. The first-order chi connectivity index (χ1) is 25.6. The molecule has 5 fully saturated rings. The van der Waals surface area contributed by atoms with Crippen molar-refractivity contribution in [3.8, 4) is 0 Å². The molecule has 0 amide bonds. The Morgan fingerprint density at radius 3 is 1.35 bits per heavy atom. The van der Waals surface area contributed by atoms with Gasteiger partial charge in [-0.3, -0.25) is 9.59 Å². The van der Waals surface area contributed by atoms with Gasteiger partial charge in [0.05, 0.1) is 70.1 Å². The van der Waals surface area contributed by atoms with Crippen LogP contribution in [0.15, 0.2) is 103 Å². The molecular weight excluding hydrogens is 652 g/mol. The molecule has 0 spiro atoms. The van der Waals surface area contributed by atoms with Gasteiger partial charge in [0.15, 0.2) is 0 Å². The van der Waals surface area contributed by atoms with Crippen molar-refractivity contribution in [1.82, 2.24) is 0 Å². The summed E-state index contributed by atoms with van der Waals surface area (Å²) in [6.07, 6.45) is 10.8. The van der Waals surface area contributed by atoms with Crippen LogP contribution in [-0.4, -0.2) is 48.6 Å². The first kappa shape index (κ1) is 30.9. The molecule has 4 heterocycles. The average Bonchev–Trinajstić information content (AvgIpc) is 3.18. The molecule has 4 aromatic carbocycles. The summed E-state index contributed by atoms with van der Waals surface area (Å²) in [5, 5.41) is 2.47. The number of hydrogen-bond donors (Lipinski definition) is 0. The van der Waals surface area contributed by atoms with E-state index in [2.05, 4.69) is 34.1 Å². The molecule has 2 aliphatic heterocycles. The minimum absolute atomic E-state index is 0.00465. The molecule has 0 bridgehead atoms. The number of anilines is 2. The maximum atomic E-state index is 13.8. The van der Waals surface area contributed by atoms with Crippen molar-refractivity contribution in [2.75, 3.05) is 9.80 Å². The second kappa shape index (κ2) is 11.9. The Morgan fingerprint density at radius 2 is 0.865 bits per heavy atom. The standard InChI is InChI=1S/C44H42N2O6/c47-43-27-9-1-5-13-35(27)49-37-19-17-25(21-29(37)43)45-31-11-3-7-15-39(31)51-41-24-34-42(23-33(41)45)52-40-16-8-4-12-32(40)46(34)26-18-20-38-30(22-26)44(48)28-10-2-6-14-36(28)50-38/h1-2,5-6,9-10,13-14,17-22,31-34,39-42H,3-4,7-8,11-12,15-16,23-24H2. The van der Waals surface area contributed by atoms with Crippen LogP contribution in [0, 0.1) is 0 Å². The molecule has 11 rings (SSSR count). The molecule has 8 unspecified atom stereocenters. The summed E-state index contributed by atoms with van der Waals surface area (Å²) in [7, 11) is 0. The van der Waals surface area contributed by atoms with Crippen molar-refractivity contribution in [2.24, 2.45) is 0 Å². The number of morpholine rings is 2. The highest BCUT2D eigenvalue weighted by atomic mass is 16.5. The molecule has 0 N–H and O–H groups in total. The molecule has 5 aliphatic rings. The van der Waals surface area contributed by atoms with Gasteiger partial charge in [-0.25, -0.2) is 0 Å². The van der Waals surface area contributed by atoms with E-state index in [4.69, 9.17) is 18.3 Å². The van der Waals surface area contributed by atoms with Gasteiger partial charge in [-0.2, -0.15) is 0 Å². The SMILES string of the molecule is O=c1c2ccccc2oc2ccc(N3C4CCCCC4OC4CC5C(CC43)OC3CCCCC3N5c3ccc4oc5ccccc5c(=O)c4c3)cc12. The van der Waals surface area contributed by atoms with Crippen LogP contribution < -0.4 is 20.7 Å². The minimum atomic E-state index is 0.00465. The summed E-state index contributed by atoms with van der Waals surface area (Å²) in [4.78, 5) is 32.8. The normalized spacial score (nSPS) is 30.2. The lowest BCUT2D eigenvalue weighted by atomic mass is 9.76. The van der Waals surface area contributed by atoms with Crippen molar-refractivity contribution < 1.29 is 18.3 Å². The van der Waals surface area contributed by atoms with Crippen LogP contribution >= 0.6 is 0 Å². The zero-order valence-electron chi connectivity index (χ0n) is 29.1. The number of fused-ring (bicyclic) bond motifs is 8. The highest BCUT2D eigenvalue weighted by Crippen LogP contribution is 2.48. The predicted octanol–water partition coefficient (Wildman–Crippen LogP) is 8.47. The molecule has 8 nitrogen and oxygen atoms in total. The summed E-state index contributed by atoms with van der Waals surface area (Å²) in [6, 6.07) is 28.2. The van der Waals surface area contributed by atoms with Gasteiger partial charge in [0, 0.05) is 11.4 Å². The van der Waals surface area contributed by atoms with Crippen LogP contribution in [0.3, 0.4) is 0 Å². The van der Waals surface area contributed by atoms with Gasteiger partial charge in [-0.1, -0.05) is 49.9 Å². The van der Waals surface area contributed by atoms with E-state index in [1.54, 1.807) is 0 Å². The van der Waals surface area contributed by atoms with Crippen LogP contribution in [0.25, 0.3) is 43.9 Å². The second-order valence-electron chi connectivity index (χ2n) is 15.8. The highest BCUT2D eigenvalue weighted by molar-refractivity contribution is 5.92. The van der Waals surface area contributed by atoms with E-state index in [-0.39, 0.29) is 59.4 Å². The Bertz CT molecular complexity index is 2320. The predicted molar refractivity (Wildman–Crippen MR) is 204 cm³/mol. The Labute approximate surface area is 300 Å². The first-order valence-corrected chi connectivity index (χ1v) is 19.4. The third kappa shape index (κ3) is 4.73. The molecule has 0 radical (unpaired) electrons. The number of hydrogen-bond acceptors (Lipinski definition) is 8. The van der Waals surface area contributed by atoms with Crippen molar-refractivity contribution in [1.29, 1.82) is 0 Å². The van der Waals surface area contributed by atoms with Crippen molar-refractivity contribution in [3.63, 3.8) is 0 Å². The summed E-state index contributed by atoms with van der Waals surface area (Å²) >= 11 is 0. The van der Waals surface area contributed by atoms with Crippen molar-refractivity contribution in [3.05, 3.63) is 105 Å². The zero-order valence-corrected chi connectivity index (χ0v) is 29.1. The van der Waals surface area contributed by atoms with E-state index >= 15 is 0 Å². The lowest BCUT2D eigenvalue weighted by molar-refractivity contribution is -0.154.